The molecule has 1 aromatic carbocycles. The highest BCUT2D eigenvalue weighted by atomic mass is 79.9. The minimum absolute atomic E-state index is 0.783. The van der Waals surface area contributed by atoms with Crippen LogP contribution in [0.5, 0.6) is 0 Å². The van der Waals surface area contributed by atoms with Crippen molar-refractivity contribution in [1.82, 2.24) is 5.32 Å². The summed E-state index contributed by atoms with van der Waals surface area (Å²) in [6, 6.07) is 11.6. The zero-order valence-electron chi connectivity index (χ0n) is 9.45. The summed E-state index contributed by atoms with van der Waals surface area (Å²) < 4.78 is 1.13. The Morgan fingerprint density at radius 1 is 1.24 bits per heavy atom. The van der Waals surface area contributed by atoms with Gasteiger partial charge in [0, 0.05) is 21.9 Å². The van der Waals surface area contributed by atoms with E-state index in [0.29, 0.717) is 0 Å². The largest absolute Gasteiger partial charge is 0.310 e. The third kappa shape index (κ3) is 2.97. The Morgan fingerprint density at radius 2 is 2.00 bits per heavy atom. The number of nitrogens with one attached hydrogen (secondary N) is 1. The number of hydrogen-bond donors (Lipinski definition) is 1. The maximum Gasteiger partial charge on any atom is 0.0346 e. The Morgan fingerprint density at radius 3 is 2.71 bits per heavy atom. The van der Waals surface area contributed by atoms with Crippen molar-refractivity contribution in [3.05, 3.63) is 45.7 Å². The molecule has 88 valence electrons. The first-order chi connectivity index (χ1) is 8.31. The Hall–Kier alpha value is -0.640. The van der Waals surface area contributed by atoms with Crippen molar-refractivity contribution in [2.75, 3.05) is 0 Å². The molecule has 1 aliphatic carbocycles. The lowest BCUT2D eigenvalue weighted by molar-refractivity contribution is 0.689. The molecule has 3 rings (SSSR count). The van der Waals surface area contributed by atoms with E-state index in [9.17, 15) is 0 Å². The van der Waals surface area contributed by atoms with Crippen LogP contribution in [-0.2, 0) is 6.54 Å². The van der Waals surface area contributed by atoms with Crippen LogP contribution in [0.4, 0.5) is 0 Å². The Bertz CT molecular complexity index is 499. The second-order valence-corrected chi connectivity index (χ2v) is 6.31. The first-order valence-electron chi connectivity index (χ1n) is 5.88. The molecule has 0 amide bonds. The summed E-state index contributed by atoms with van der Waals surface area (Å²) in [5.74, 6) is 0. The van der Waals surface area contributed by atoms with Gasteiger partial charge in [0.05, 0.1) is 0 Å². The molecule has 3 heteroatoms. The molecule has 0 bridgehead atoms. The first-order valence-corrected chi connectivity index (χ1v) is 7.55. The van der Waals surface area contributed by atoms with Gasteiger partial charge in [0.2, 0.25) is 0 Å². The molecular weight excluding hydrogens is 294 g/mol. The van der Waals surface area contributed by atoms with Crippen LogP contribution < -0.4 is 5.32 Å². The minimum atomic E-state index is 0.783. The molecule has 1 nitrogen and oxygen atoms in total. The SMILES string of the molecule is Brc1ccc(-c2cc(CNC3CC3)cs2)cc1. The van der Waals surface area contributed by atoms with Crippen LogP contribution in [0.15, 0.2) is 40.2 Å². The van der Waals surface area contributed by atoms with Crippen molar-refractivity contribution in [3.8, 4) is 10.4 Å². The van der Waals surface area contributed by atoms with Crippen molar-refractivity contribution in [1.29, 1.82) is 0 Å². The van der Waals surface area contributed by atoms with Crippen LogP contribution in [0.1, 0.15) is 18.4 Å². The summed E-state index contributed by atoms with van der Waals surface area (Å²) in [5.41, 5.74) is 2.70. The van der Waals surface area contributed by atoms with Crippen molar-refractivity contribution in [2.24, 2.45) is 0 Å². The van der Waals surface area contributed by atoms with Crippen LogP contribution >= 0.6 is 27.3 Å². The molecule has 1 aliphatic rings. The fourth-order valence-electron chi connectivity index (χ4n) is 1.78. The standard InChI is InChI=1S/C14H14BrNS/c15-12-3-1-11(2-4-12)14-7-10(9-17-14)8-16-13-5-6-13/h1-4,7,9,13,16H,5-6,8H2. The Balaban J connectivity index is 1.72. The zero-order chi connectivity index (χ0) is 11.7. The predicted octanol–water partition coefficient (Wildman–Crippen LogP) is 4.43. The number of hydrogen-bond acceptors (Lipinski definition) is 2. The molecule has 1 fully saturated rings. The van der Waals surface area contributed by atoms with Crippen LogP contribution in [0.25, 0.3) is 10.4 Å². The van der Waals surface area contributed by atoms with Gasteiger partial charge in [-0.3, -0.25) is 0 Å². The summed E-state index contributed by atoms with van der Waals surface area (Å²) in [7, 11) is 0. The van der Waals surface area contributed by atoms with E-state index in [-0.39, 0.29) is 0 Å². The number of halogens is 1. The van der Waals surface area contributed by atoms with Gasteiger partial charge in [-0.1, -0.05) is 28.1 Å². The monoisotopic (exact) mass is 307 g/mol. The van der Waals surface area contributed by atoms with Crippen molar-refractivity contribution in [2.45, 2.75) is 25.4 Å². The van der Waals surface area contributed by atoms with Gasteiger partial charge < -0.3 is 5.32 Å². The lowest BCUT2D eigenvalue weighted by Crippen LogP contribution is -2.14. The van der Waals surface area contributed by atoms with Gasteiger partial charge in [-0.25, -0.2) is 0 Å². The molecule has 0 atom stereocenters. The molecular formula is C14H14BrNS. The van der Waals surface area contributed by atoms with Crippen molar-refractivity contribution >= 4 is 27.3 Å². The van der Waals surface area contributed by atoms with Gasteiger partial charge in [0.25, 0.3) is 0 Å². The van der Waals surface area contributed by atoms with Gasteiger partial charge in [-0.05, 0) is 47.5 Å². The average Bonchev–Trinajstić information content (AvgIpc) is 3.06. The molecule has 2 aromatic rings. The molecule has 0 radical (unpaired) electrons. The van der Waals surface area contributed by atoms with Crippen LogP contribution in [0.2, 0.25) is 0 Å². The van der Waals surface area contributed by atoms with Gasteiger partial charge in [0.1, 0.15) is 0 Å². The smallest absolute Gasteiger partial charge is 0.0346 e. The third-order valence-corrected chi connectivity index (χ3v) is 4.51. The van der Waals surface area contributed by atoms with Crippen LogP contribution in [-0.4, -0.2) is 6.04 Å². The highest BCUT2D eigenvalue weighted by Crippen LogP contribution is 2.28. The highest BCUT2D eigenvalue weighted by Gasteiger charge is 2.20. The predicted molar refractivity (Wildman–Crippen MR) is 77.3 cm³/mol. The molecule has 1 heterocycles. The average molecular weight is 308 g/mol. The van der Waals surface area contributed by atoms with E-state index in [0.717, 1.165) is 17.1 Å². The van der Waals surface area contributed by atoms with E-state index >= 15 is 0 Å². The summed E-state index contributed by atoms with van der Waals surface area (Å²) in [5, 5.41) is 5.80. The molecule has 1 aromatic heterocycles. The summed E-state index contributed by atoms with van der Waals surface area (Å²) >= 11 is 5.29. The number of rotatable bonds is 4. The van der Waals surface area contributed by atoms with E-state index in [1.165, 1.54) is 28.8 Å². The molecule has 1 N–H and O–H groups in total. The quantitative estimate of drug-likeness (QED) is 0.881. The maximum atomic E-state index is 3.55. The number of thiophene rings is 1. The first kappa shape index (κ1) is 11.5. The van der Waals surface area contributed by atoms with Gasteiger partial charge >= 0.3 is 0 Å². The summed E-state index contributed by atoms with van der Waals surface area (Å²) in [6.07, 6.45) is 2.70. The molecule has 0 unspecified atom stereocenters. The molecule has 0 saturated heterocycles. The molecule has 17 heavy (non-hydrogen) atoms. The molecule has 1 saturated carbocycles. The van der Waals surface area contributed by atoms with Gasteiger partial charge in [-0.2, -0.15) is 0 Å². The second-order valence-electron chi connectivity index (χ2n) is 4.48. The maximum absolute atomic E-state index is 3.55. The van der Waals surface area contributed by atoms with Crippen molar-refractivity contribution < 1.29 is 0 Å². The van der Waals surface area contributed by atoms with E-state index in [1.54, 1.807) is 0 Å². The lowest BCUT2D eigenvalue weighted by atomic mass is 10.2. The van der Waals surface area contributed by atoms with E-state index < -0.39 is 0 Å². The van der Waals surface area contributed by atoms with E-state index in [4.69, 9.17) is 0 Å². The summed E-state index contributed by atoms with van der Waals surface area (Å²) in [6.45, 7) is 1.01. The van der Waals surface area contributed by atoms with Gasteiger partial charge in [0.15, 0.2) is 0 Å². The molecule has 0 spiro atoms. The third-order valence-electron chi connectivity index (χ3n) is 2.95. The van der Waals surface area contributed by atoms with Crippen LogP contribution in [0.3, 0.4) is 0 Å². The van der Waals surface area contributed by atoms with E-state index in [1.807, 2.05) is 11.3 Å². The van der Waals surface area contributed by atoms with E-state index in [2.05, 4.69) is 57.0 Å². The minimum Gasteiger partial charge on any atom is -0.310 e. The van der Waals surface area contributed by atoms with Crippen molar-refractivity contribution in [3.63, 3.8) is 0 Å². The van der Waals surface area contributed by atoms with Crippen LogP contribution in [0, 0.1) is 0 Å². The summed E-state index contributed by atoms with van der Waals surface area (Å²) in [4.78, 5) is 1.35. The highest BCUT2D eigenvalue weighted by molar-refractivity contribution is 9.10. The second kappa shape index (κ2) is 4.92. The Kier molecular flexibility index (Phi) is 3.32. The fraction of sp³-hybridized carbons (Fsp3) is 0.286. The molecule has 0 aliphatic heterocycles. The van der Waals surface area contributed by atoms with Gasteiger partial charge in [-0.15, -0.1) is 11.3 Å². The fourth-order valence-corrected chi connectivity index (χ4v) is 2.97. The topological polar surface area (TPSA) is 12.0 Å². The normalized spacial score (nSPS) is 15.1. The lowest BCUT2D eigenvalue weighted by Gasteiger charge is -1.99. The number of benzene rings is 1. The zero-order valence-corrected chi connectivity index (χ0v) is 11.9. The Labute approximate surface area is 114 Å².